The zero-order chi connectivity index (χ0) is 14.4. The van der Waals surface area contributed by atoms with Crippen molar-refractivity contribution in [2.75, 3.05) is 6.61 Å². The summed E-state index contributed by atoms with van der Waals surface area (Å²) in [6.07, 6.45) is 3.79. The molecule has 0 aliphatic carbocycles. The first-order valence-electron chi connectivity index (χ1n) is 6.92. The lowest BCUT2D eigenvalue weighted by Crippen LogP contribution is -2.23. The molecule has 0 saturated heterocycles. The molecule has 18 heavy (non-hydrogen) atoms. The summed E-state index contributed by atoms with van der Waals surface area (Å²) in [4.78, 5) is 11.5. The van der Waals surface area contributed by atoms with Gasteiger partial charge in [-0.1, -0.05) is 19.8 Å². The molecule has 3 nitrogen and oxygen atoms in total. The molecule has 0 aliphatic rings. The highest BCUT2D eigenvalue weighted by Gasteiger charge is 2.22. The first-order chi connectivity index (χ1) is 8.02. The molecule has 3 heteroatoms. The minimum atomic E-state index is -0.571. The monoisotopic (exact) mass is 258 g/mol. The molecule has 0 spiro atoms. The molecule has 1 atom stereocenters. The Morgan fingerprint density at radius 3 is 2.17 bits per heavy atom. The van der Waals surface area contributed by atoms with Crippen molar-refractivity contribution in [3.63, 3.8) is 0 Å². The van der Waals surface area contributed by atoms with E-state index in [-0.39, 0.29) is 5.97 Å². The average Bonchev–Trinajstić information content (AvgIpc) is 2.13. The van der Waals surface area contributed by atoms with E-state index < -0.39 is 11.0 Å². The Balaban J connectivity index is 3.66. The Labute approximate surface area is 112 Å². The molecule has 0 aromatic heterocycles. The van der Waals surface area contributed by atoms with Crippen LogP contribution in [0.1, 0.15) is 67.2 Å². The molecule has 0 saturated carbocycles. The van der Waals surface area contributed by atoms with Crippen LogP contribution in [0, 0.1) is 11.3 Å². The van der Waals surface area contributed by atoms with Crippen LogP contribution in [0.5, 0.6) is 0 Å². The largest absolute Gasteiger partial charge is 0.465 e. The summed E-state index contributed by atoms with van der Waals surface area (Å²) in [6, 6.07) is 0. The smallest absolute Gasteiger partial charge is 0.311 e. The van der Waals surface area contributed by atoms with Crippen LogP contribution in [0.15, 0.2) is 0 Å². The molecule has 0 radical (unpaired) electrons. The molecule has 108 valence electrons. The Morgan fingerprint density at radius 2 is 1.72 bits per heavy atom. The van der Waals surface area contributed by atoms with Crippen molar-refractivity contribution in [2.45, 2.75) is 72.8 Å². The second-order valence-electron chi connectivity index (χ2n) is 6.98. The van der Waals surface area contributed by atoms with Crippen LogP contribution in [-0.4, -0.2) is 23.3 Å². The van der Waals surface area contributed by atoms with Crippen LogP contribution in [0.3, 0.4) is 0 Å². The first-order valence-corrected chi connectivity index (χ1v) is 6.92. The Hall–Kier alpha value is -0.570. The lowest BCUT2D eigenvalue weighted by Gasteiger charge is -2.19. The average molecular weight is 258 g/mol. The molecule has 0 amide bonds. The Kier molecular flexibility index (Phi) is 6.90. The van der Waals surface area contributed by atoms with Crippen molar-refractivity contribution in [2.24, 2.45) is 11.3 Å². The van der Waals surface area contributed by atoms with Gasteiger partial charge in [0.15, 0.2) is 0 Å². The number of hydrogen-bond acceptors (Lipinski definition) is 3. The van der Waals surface area contributed by atoms with E-state index >= 15 is 0 Å². The molecule has 0 bridgehead atoms. The van der Waals surface area contributed by atoms with E-state index in [2.05, 4.69) is 6.92 Å². The maximum Gasteiger partial charge on any atom is 0.311 e. The fraction of sp³-hybridized carbons (Fsp3) is 0.933. The third-order valence-corrected chi connectivity index (χ3v) is 2.94. The molecule has 0 aromatic rings. The summed E-state index contributed by atoms with van der Waals surface area (Å²) >= 11 is 0. The highest BCUT2D eigenvalue weighted by molar-refractivity contribution is 5.75. The quantitative estimate of drug-likeness (QED) is 0.710. The van der Waals surface area contributed by atoms with Crippen LogP contribution in [0.25, 0.3) is 0 Å². The fourth-order valence-corrected chi connectivity index (χ4v) is 1.60. The van der Waals surface area contributed by atoms with Crippen LogP contribution in [-0.2, 0) is 9.53 Å². The van der Waals surface area contributed by atoms with Gasteiger partial charge in [-0.3, -0.25) is 4.79 Å². The van der Waals surface area contributed by atoms with Crippen LogP contribution in [0.2, 0.25) is 0 Å². The third kappa shape index (κ3) is 9.46. The molecular weight excluding hydrogens is 228 g/mol. The van der Waals surface area contributed by atoms with E-state index in [1.807, 2.05) is 34.6 Å². The van der Waals surface area contributed by atoms with Gasteiger partial charge in [-0.05, 0) is 53.4 Å². The van der Waals surface area contributed by atoms with E-state index in [4.69, 9.17) is 4.74 Å². The third-order valence-electron chi connectivity index (χ3n) is 2.94. The van der Waals surface area contributed by atoms with Gasteiger partial charge in [-0.25, -0.2) is 0 Å². The Morgan fingerprint density at radius 1 is 1.17 bits per heavy atom. The fourth-order valence-electron chi connectivity index (χ4n) is 1.60. The second kappa shape index (κ2) is 7.13. The van der Waals surface area contributed by atoms with Gasteiger partial charge in [0, 0.05) is 0 Å². The van der Waals surface area contributed by atoms with Crippen molar-refractivity contribution in [1.29, 1.82) is 0 Å². The van der Waals surface area contributed by atoms with Gasteiger partial charge >= 0.3 is 5.97 Å². The first kappa shape index (κ1) is 17.4. The minimum absolute atomic E-state index is 0.133. The highest BCUT2D eigenvalue weighted by atomic mass is 16.5. The van der Waals surface area contributed by atoms with E-state index in [9.17, 15) is 9.90 Å². The number of ether oxygens (including phenoxy) is 1. The number of carbonyl (C=O) groups excluding carboxylic acids is 1. The summed E-state index contributed by atoms with van der Waals surface area (Å²) in [7, 11) is 0. The Bertz CT molecular complexity index is 245. The number of hydrogen-bond donors (Lipinski definition) is 1. The number of aliphatic hydroxyl groups is 1. The predicted molar refractivity (Wildman–Crippen MR) is 74.3 cm³/mol. The van der Waals surface area contributed by atoms with E-state index in [0.717, 1.165) is 25.7 Å². The standard InChI is InChI=1S/C15H30O3/c1-12(8-7-10-15(5,6)17)9-11-18-13(16)14(2,3)4/h12,17H,7-11H2,1-6H3. The summed E-state index contributed by atoms with van der Waals surface area (Å²) < 4.78 is 5.24. The van der Waals surface area contributed by atoms with Gasteiger partial charge in [0.05, 0.1) is 17.6 Å². The summed E-state index contributed by atoms with van der Waals surface area (Å²) in [5, 5.41) is 9.60. The molecule has 0 rings (SSSR count). The SMILES string of the molecule is CC(CCCC(C)(C)O)CCOC(=O)C(C)(C)C. The van der Waals surface area contributed by atoms with Crippen molar-refractivity contribution >= 4 is 5.97 Å². The summed E-state index contributed by atoms with van der Waals surface area (Å²) in [5.41, 5.74) is -0.984. The predicted octanol–water partition coefficient (Wildman–Crippen LogP) is 3.54. The lowest BCUT2D eigenvalue weighted by atomic mass is 9.95. The van der Waals surface area contributed by atoms with Gasteiger partial charge in [-0.15, -0.1) is 0 Å². The van der Waals surface area contributed by atoms with E-state index in [0.29, 0.717) is 12.5 Å². The van der Waals surface area contributed by atoms with Crippen molar-refractivity contribution in [1.82, 2.24) is 0 Å². The van der Waals surface area contributed by atoms with Gasteiger partial charge in [0.25, 0.3) is 0 Å². The molecule has 0 fully saturated rings. The molecule has 0 aromatic carbocycles. The van der Waals surface area contributed by atoms with Crippen LogP contribution >= 0.6 is 0 Å². The zero-order valence-electron chi connectivity index (χ0n) is 12.9. The van der Waals surface area contributed by atoms with E-state index in [1.165, 1.54) is 0 Å². The molecule has 1 N–H and O–H groups in total. The van der Waals surface area contributed by atoms with Gasteiger partial charge in [0.1, 0.15) is 0 Å². The maximum absolute atomic E-state index is 11.5. The lowest BCUT2D eigenvalue weighted by molar-refractivity contribution is -0.153. The molecule has 1 unspecified atom stereocenters. The zero-order valence-corrected chi connectivity index (χ0v) is 12.9. The number of rotatable bonds is 7. The van der Waals surface area contributed by atoms with Gasteiger partial charge in [0.2, 0.25) is 0 Å². The van der Waals surface area contributed by atoms with E-state index in [1.54, 1.807) is 0 Å². The van der Waals surface area contributed by atoms with Gasteiger partial charge < -0.3 is 9.84 Å². The highest BCUT2D eigenvalue weighted by Crippen LogP contribution is 2.19. The maximum atomic E-state index is 11.5. The summed E-state index contributed by atoms with van der Waals surface area (Å²) in [6.45, 7) is 11.9. The number of esters is 1. The summed E-state index contributed by atoms with van der Waals surface area (Å²) in [5.74, 6) is 0.395. The van der Waals surface area contributed by atoms with Crippen molar-refractivity contribution < 1.29 is 14.6 Å². The molecule has 0 aliphatic heterocycles. The second-order valence-corrected chi connectivity index (χ2v) is 6.98. The van der Waals surface area contributed by atoms with Crippen molar-refractivity contribution in [3.05, 3.63) is 0 Å². The minimum Gasteiger partial charge on any atom is -0.465 e. The topological polar surface area (TPSA) is 46.5 Å². The van der Waals surface area contributed by atoms with Crippen LogP contribution in [0.4, 0.5) is 0 Å². The molecule has 0 heterocycles. The molecular formula is C15H30O3. The normalized spacial score (nSPS) is 14.4. The van der Waals surface area contributed by atoms with Crippen LogP contribution < -0.4 is 0 Å². The van der Waals surface area contributed by atoms with Gasteiger partial charge in [-0.2, -0.15) is 0 Å². The van der Waals surface area contributed by atoms with Crippen molar-refractivity contribution in [3.8, 4) is 0 Å². The number of carbonyl (C=O) groups is 1.